The second-order valence-corrected chi connectivity index (χ2v) is 6.05. The molecular formula is C16H22BrNO2. The molecule has 110 valence electrons. The van der Waals surface area contributed by atoms with E-state index in [9.17, 15) is 5.11 Å². The lowest BCUT2D eigenvalue weighted by Gasteiger charge is -2.19. The predicted molar refractivity (Wildman–Crippen MR) is 85.6 cm³/mol. The van der Waals surface area contributed by atoms with Crippen LogP contribution >= 0.6 is 15.9 Å². The van der Waals surface area contributed by atoms with E-state index in [0.29, 0.717) is 12.5 Å². The third kappa shape index (κ3) is 5.96. The third-order valence-corrected chi connectivity index (χ3v) is 3.38. The molecule has 0 aromatic heterocycles. The fraction of sp³-hybridized carbons (Fsp3) is 0.500. The van der Waals surface area contributed by atoms with Crippen molar-refractivity contribution in [2.75, 3.05) is 13.2 Å². The van der Waals surface area contributed by atoms with Gasteiger partial charge in [0, 0.05) is 22.6 Å². The van der Waals surface area contributed by atoms with Crippen LogP contribution < -0.4 is 10.1 Å². The molecule has 1 aromatic carbocycles. The quantitative estimate of drug-likeness (QED) is 0.715. The van der Waals surface area contributed by atoms with Gasteiger partial charge in [-0.3, -0.25) is 0 Å². The molecule has 1 rings (SSSR count). The zero-order valence-corrected chi connectivity index (χ0v) is 13.6. The van der Waals surface area contributed by atoms with Gasteiger partial charge in [-0.1, -0.05) is 35.7 Å². The highest BCUT2D eigenvalue weighted by atomic mass is 79.9. The summed E-state index contributed by atoms with van der Waals surface area (Å²) >= 11 is 3.46. The van der Waals surface area contributed by atoms with Crippen LogP contribution in [0.1, 0.15) is 25.8 Å². The fourth-order valence-electron chi connectivity index (χ4n) is 1.99. The van der Waals surface area contributed by atoms with Gasteiger partial charge in [-0.25, -0.2) is 0 Å². The minimum Gasteiger partial charge on any atom is -0.481 e. The minimum absolute atomic E-state index is 0.0921. The van der Waals surface area contributed by atoms with E-state index in [-0.39, 0.29) is 19.3 Å². The number of benzene rings is 1. The molecule has 2 N–H and O–H groups in total. The number of aliphatic hydroxyl groups excluding tert-OH is 1. The van der Waals surface area contributed by atoms with E-state index >= 15 is 0 Å². The molecule has 0 fully saturated rings. The second-order valence-electron chi connectivity index (χ2n) is 5.13. The number of aliphatic hydroxyl groups is 1. The van der Waals surface area contributed by atoms with Crippen molar-refractivity contribution in [2.45, 2.75) is 32.9 Å². The molecule has 1 atom stereocenters. The molecule has 0 radical (unpaired) electrons. The van der Waals surface area contributed by atoms with Crippen LogP contribution in [-0.2, 0) is 6.54 Å². The lowest BCUT2D eigenvalue weighted by molar-refractivity contribution is 0.223. The number of nitrogens with one attached hydrogen (secondary N) is 1. The number of hydrogen-bond donors (Lipinski definition) is 2. The van der Waals surface area contributed by atoms with Crippen LogP contribution in [0.4, 0.5) is 0 Å². The highest BCUT2D eigenvalue weighted by molar-refractivity contribution is 9.10. The minimum atomic E-state index is 0.0921. The van der Waals surface area contributed by atoms with Crippen LogP contribution in [0.25, 0.3) is 0 Å². The first-order valence-corrected chi connectivity index (χ1v) is 7.55. The van der Waals surface area contributed by atoms with Crippen LogP contribution in [0.2, 0.25) is 0 Å². The number of rotatable bonds is 8. The van der Waals surface area contributed by atoms with Crippen molar-refractivity contribution >= 4 is 15.9 Å². The molecule has 0 aliphatic heterocycles. The van der Waals surface area contributed by atoms with Crippen molar-refractivity contribution in [1.82, 2.24) is 5.32 Å². The van der Waals surface area contributed by atoms with Gasteiger partial charge < -0.3 is 15.2 Å². The average molecular weight is 340 g/mol. The Bertz CT molecular complexity index is 454. The zero-order chi connectivity index (χ0) is 15.0. The van der Waals surface area contributed by atoms with Gasteiger partial charge in [-0.05, 0) is 30.5 Å². The third-order valence-electron chi connectivity index (χ3n) is 2.89. The number of halogens is 1. The van der Waals surface area contributed by atoms with E-state index < -0.39 is 0 Å². The predicted octanol–water partition coefficient (Wildman–Crippen LogP) is 2.96. The second kappa shape index (κ2) is 9.02. The molecule has 4 heteroatoms. The summed E-state index contributed by atoms with van der Waals surface area (Å²) in [6.45, 7) is 5.31. The van der Waals surface area contributed by atoms with E-state index in [2.05, 4.69) is 41.0 Å². The summed E-state index contributed by atoms with van der Waals surface area (Å²) in [4.78, 5) is 0. The Balaban J connectivity index is 2.69. The van der Waals surface area contributed by atoms with E-state index in [1.807, 2.05) is 18.2 Å². The lowest BCUT2D eigenvalue weighted by Crippen LogP contribution is -2.33. The Hall–Kier alpha value is -1.02. The fourth-order valence-corrected chi connectivity index (χ4v) is 2.40. The topological polar surface area (TPSA) is 41.5 Å². The first-order valence-electron chi connectivity index (χ1n) is 6.75. The van der Waals surface area contributed by atoms with Crippen LogP contribution in [0, 0.1) is 18.3 Å². The van der Waals surface area contributed by atoms with E-state index in [4.69, 9.17) is 11.2 Å². The zero-order valence-electron chi connectivity index (χ0n) is 12.0. The molecule has 0 aliphatic carbocycles. The molecule has 0 saturated heterocycles. The van der Waals surface area contributed by atoms with Crippen LogP contribution in [0.3, 0.4) is 0 Å². The molecule has 1 aromatic rings. The SMILES string of the molecule is C#CCOc1ccc(Br)cc1CNC(CO)CC(C)C. The summed E-state index contributed by atoms with van der Waals surface area (Å²) in [6, 6.07) is 5.92. The summed E-state index contributed by atoms with van der Waals surface area (Å²) < 4.78 is 6.52. The molecule has 0 spiro atoms. The van der Waals surface area contributed by atoms with Gasteiger partial charge in [0.05, 0.1) is 6.61 Å². The van der Waals surface area contributed by atoms with Gasteiger partial charge in [0.15, 0.2) is 0 Å². The lowest BCUT2D eigenvalue weighted by atomic mass is 10.0. The van der Waals surface area contributed by atoms with Crippen LogP contribution in [0.5, 0.6) is 5.75 Å². The molecule has 0 amide bonds. The maximum Gasteiger partial charge on any atom is 0.148 e. The molecule has 20 heavy (non-hydrogen) atoms. The number of terminal acetylenes is 1. The largest absolute Gasteiger partial charge is 0.481 e. The van der Waals surface area contributed by atoms with E-state index in [1.165, 1.54) is 0 Å². The Kier molecular flexibility index (Phi) is 7.68. The van der Waals surface area contributed by atoms with Crippen molar-refractivity contribution in [1.29, 1.82) is 0 Å². The monoisotopic (exact) mass is 339 g/mol. The highest BCUT2D eigenvalue weighted by Gasteiger charge is 2.11. The summed E-state index contributed by atoms with van der Waals surface area (Å²) in [5.41, 5.74) is 1.02. The molecule has 0 aliphatic rings. The van der Waals surface area contributed by atoms with E-state index in [0.717, 1.165) is 22.2 Å². The molecular weight excluding hydrogens is 318 g/mol. The summed E-state index contributed by atoms with van der Waals surface area (Å²) in [5, 5.41) is 12.7. The smallest absolute Gasteiger partial charge is 0.148 e. The molecule has 0 heterocycles. The Morgan fingerprint density at radius 2 is 2.20 bits per heavy atom. The van der Waals surface area contributed by atoms with Crippen molar-refractivity contribution in [3.8, 4) is 18.1 Å². The molecule has 3 nitrogen and oxygen atoms in total. The van der Waals surface area contributed by atoms with Gasteiger partial charge in [0.25, 0.3) is 0 Å². The molecule has 0 saturated carbocycles. The van der Waals surface area contributed by atoms with E-state index in [1.54, 1.807) is 0 Å². The average Bonchev–Trinajstić information content (AvgIpc) is 2.42. The molecule has 1 unspecified atom stereocenters. The Morgan fingerprint density at radius 3 is 2.80 bits per heavy atom. The summed E-state index contributed by atoms with van der Waals surface area (Å²) in [6.07, 6.45) is 6.16. The standard InChI is InChI=1S/C16H22BrNO2/c1-4-7-20-16-6-5-14(17)9-13(16)10-18-15(11-19)8-12(2)3/h1,5-6,9,12,15,18-19H,7-8,10-11H2,2-3H3. The van der Waals surface area contributed by atoms with Gasteiger partial charge in [-0.15, -0.1) is 6.42 Å². The Labute approximate surface area is 129 Å². The normalized spacial score (nSPS) is 12.2. The van der Waals surface area contributed by atoms with Gasteiger partial charge >= 0.3 is 0 Å². The highest BCUT2D eigenvalue weighted by Crippen LogP contribution is 2.23. The van der Waals surface area contributed by atoms with Gasteiger partial charge in [-0.2, -0.15) is 0 Å². The maximum atomic E-state index is 9.39. The summed E-state index contributed by atoms with van der Waals surface area (Å²) in [5.74, 6) is 3.78. The van der Waals surface area contributed by atoms with Crippen LogP contribution in [0.15, 0.2) is 22.7 Å². The Morgan fingerprint density at radius 1 is 1.45 bits per heavy atom. The van der Waals surface area contributed by atoms with Crippen molar-refractivity contribution in [3.63, 3.8) is 0 Å². The van der Waals surface area contributed by atoms with Crippen LogP contribution in [-0.4, -0.2) is 24.4 Å². The van der Waals surface area contributed by atoms with Gasteiger partial charge in [0.1, 0.15) is 12.4 Å². The number of hydrogen-bond acceptors (Lipinski definition) is 3. The first-order chi connectivity index (χ1) is 9.56. The first kappa shape index (κ1) is 17.0. The number of ether oxygens (including phenoxy) is 1. The maximum absolute atomic E-state index is 9.39. The molecule has 0 bridgehead atoms. The van der Waals surface area contributed by atoms with Crippen molar-refractivity contribution in [2.24, 2.45) is 5.92 Å². The van der Waals surface area contributed by atoms with Gasteiger partial charge in [0.2, 0.25) is 0 Å². The summed E-state index contributed by atoms with van der Waals surface area (Å²) in [7, 11) is 0. The van der Waals surface area contributed by atoms with Crippen molar-refractivity contribution < 1.29 is 9.84 Å². The van der Waals surface area contributed by atoms with Crippen molar-refractivity contribution in [3.05, 3.63) is 28.2 Å².